The van der Waals surface area contributed by atoms with Crippen LogP contribution in [0.2, 0.25) is 5.02 Å². The first-order valence-corrected chi connectivity index (χ1v) is 6.29. The quantitative estimate of drug-likeness (QED) is 0.920. The van der Waals surface area contributed by atoms with Gasteiger partial charge in [0.2, 0.25) is 11.7 Å². The van der Waals surface area contributed by atoms with E-state index in [2.05, 4.69) is 24.0 Å². The molecule has 0 fully saturated rings. The third-order valence-electron chi connectivity index (χ3n) is 2.57. The summed E-state index contributed by atoms with van der Waals surface area (Å²) in [4.78, 5) is 4.31. The van der Waals surface area contributed by atoms with Crippen LogP contribution >= 0.6 is 11.6 Å². The molecule has 1 aromatic heterocycles. The largest absolute Gasteiger partial charge is 0.337 e. The molecule has 0 saturated carbocycles. The number of aromatic nitrogens is 2. The van der Waals surface area contributed by atoms with Gasteiger partial charge in [0, 0.05) is 10.6 Å². The van der Waals surface area contributed by atoms with E-state index in [4.69, 9.17) is 21.9 Å². The van der Waals surface area contributed by atoms with Crippen LogP contribution < -0.4 is 5.73 Å². The van der Waals surface area contributed by atoms with E-state index in [1.54, 1.807) is 12.1 Å². The molecular formula is C13H16ClN3O. The van der Waals surface area contributed by atoms with E-state index in [1.165, 1.54) is 0 Å². The van der Waals surface area contributed by atoms with E-state index < -0.39 is 0 Å². The number of rotatable bonds is 4. The molecule has 2 rings (SSSR count). The van der Waals surface area contributed by atoms with Gasteiger partial charge < -0.3 is 10.3 Å². The van der Waals surface area contributed by atoms with Crippen LogP contribution in [0.5, 0.6) is 0 Å². The fourth-order valence-corrected chi connectivity index (χ4v) is 1.93. The van der Waals surface area contributed by atoms with Crippen LogP contribution in [0.4, 0.5) is 0 Å². The normalized spacial score (nSPS) is 12.9. The molecule has 1 aromatic carbocycles. The fraction of sp³-hybridized carbons (Fsp3) is 0.385. The second-order valence-corrected chi connectivity index (χ2v) is 5.14. The Morgan fingerprint density at radius 3 is 2.83 bits per heavy atom. The predicted molar refractivity (Wildman–Crippen MR) is 71.1 cm³/mol. The van der Waals surface area contributed by atoms with Gasteiger partial charge in [-0.1, -0.05) is 42.7 Å². The van der Waals surface area contributed by atoms with Crippen molar-refractivity contribution in [1.82, 2.24) is 10.1 Å². The Balaban J connectivity index is 2.20. The minimum Gasteiger partial charge on any atom is -0.337 e. The number of halogens is 1. The van der Waals surface area contributed by atoms with Crippen molar-refractivity contribution >= 4 is 11.6 Å². The Hall–Kier alpha value is -1.39. The number of nitrogens with two attached hydrogens (primary N) is 1. The van der Waals surface area contributed by atoms with Gasteiger partial charge in [0.05, 0.1) is 6.04 Å². The van der Waals surface area contributed by atoms with Crippen molar-refractivity contribution in [2.45, 2.75) is 26.3 Å². The molecule has 5 heteroatoms. The zero-order chi connectivity index (χ0) is 13.1. The van der Waals surface area contributed by atoms with Crippen molar-refractivity contribution in [3.8, 4) is 11.4 Å². The molecular weight excluding hydrogens is 250 g/mol. The van der Waals surface area contributed by atoms with E-state index in [1.807, 2.05) is 12.1 Å². The average Bonchev–Trinajstić information content (AvgIpc) is 2.77. The summed E-state index contributed by atoms with van der Waals surface area (Å²) >= 11 is 5.92. The zero-order valence-corrected chi connectivity index (χ0v) is 11.2. The van der Waals surface area contributed by atoms with Gasteiger partial charge in [-0.2, -0.15) is 4.98 Å². The maximum Gasteiger partial charge on any atom is 0.243 e. The van der Waals surface area contributed by atoms with Crippen molar-refractivity contribution in [3.63, 3.8) is 0 Å². The molecule has 0 spiro atoms. The van der Waals surface area contributed by atoms with Gasteiger partial charge in [0.15, 0.2) is 0 Å². The van der Waals surface area contributed by atoms with E-state index in [0.29, 0.717) is 22.7 Å². The molecule has 2 aromatic rings. The van der Waals surface area contributed by atoms with Gasteiger partial charge in [-0.15, -0.1) is 0 Å². The molecule has 0 aliphatic carbocycles. The van der Waals surface area contributed by atoms with Gasteiger partial charge in [-0.05, 0) is 24.5 Å². The lowest BCUT2D eigenvalue weighted by Gasteiger charge is -2.08. The first-order chi connectivity index (χ1) is 8.56. The average molecular weight is 266 g/mol. The molecule has 0 unspecified atom stereocenters. The number of benzene rings is 1. The van der Waals surface area contributed by atoms with Gasteiger partial charge in [0.25, 0.3) is 0 Å². The van der Waals surface area contributed by atoms with Crippen molar-refractivity contribution in [2.24, 2.45) is 11.7 Å². The zero-order valence-electron chi connectivity index (χ0n) is 10.4. The van der Waals surface area contributed by atoms with Crippen molar-refractivity contribution in [3.05, 3.63) is 35.2 Å². The summed E-state index contributed by atoms with van der Waals surface area (Å²) in [5.74, 6) is 1.48. The van der Waals surface area contributed by atoms with Crippen LogP contribution in [-0.4, -0.2) is 10.1 Å². The van der Waals surface area contributed by atoms with Crippen LogP contribution in [0.15, 0.2) is 28.8 Å². The first kappa shape index (κ1) is 13.1. The molecule has 0 bridgehead atoms. The summed E-state index contributed by atoms with van der Waals surface area (Å²) in [6.45, 7) is 4.21. The van der Waals surface area contributed by atoms with Crippen molar-refractivity contribution in [2.75, 3.05) is 0 Å². The molecule has 0 amide bonds. The maximum atomic E-state index is 5.99. The predicted octanol–water partition coefficient (Wildman–Crippen LogP) is 3.44. The minimum atomic E-state index is -0.217. The maximum absolute atomic E-state index is 5.99. The third kappa shape index (κ3) is 3.09. The molecule has 96 valence electrons. The minimum absolute atomic E-state index is 0.217. The summed E-state index contributed by atoms with van der Waals surface area (Å²) in [5, 5.41) is 4.57. The second-order valence-electron chi connectivity index (χ2n) is 4.70. The van der Waals surface area contributed by atoms with Crippen molar-refractivity contribution < 1.29 is 4.52 Å². The molecule has 0 radical (unpaired) electrons. The van der Waals surface area contributed by atoms with Crippen molar-refractivity contribution in [1.29, 1.82) is 0 Å². The smallest absolute Gasteiger partial charge is 0.243 e. The van der Waals surface area contributed by atoms with E-state index in [0.717, 1.165) is 12.0 Å². The first-order valence-electron chi connectivity index (χ1n) is 5.91. The summed E-state index contributed by atoms with van der Waals surface area (Å²) in [6, 6.07) is 7.11. The van der Waals surface area contributed by atoms with Gasteiger partial charge >= 0.3 is 0 Å². The monoisotopic (exact) mass is 265 g/mol. The van der Waals surface area contributed by atoms with Gasteiger partial charge in [-0.3, -0.25) is 0 Å². The Labute approximate surface area is 111 Å². The van der Waals surface area contributed by atoms with E-state index >= 15 is 0 Å². The molecule has 18 heavy (non-hydrogen) atoms. The fourth-order valence-electron chi connectivity index (χ4n) is 1.74. The van der Waals surface area contributed by atoms with Crippen LogP contribution in [0.25, 0.3) is 11.4 Å². The Bertz CT molecular complexity index is 524. The lowest BCUT2D eigenvalue weighted by molar-refractivity contribution is 0.335. The summed E-state index contributed by atoms with van der Waals surface area (Å²) in [7, 11) is 0. The summed E-state index contributed by atoms with van der Waals surface area (Å²) < 4.78 is 5.19. The number of nitrogens with zero attached hydrogens (tertiary/aromatic N) is 2. The van der Waals surface area contributed by atoms with Gasteiger partial charge in [0.1, 0.15) is 0 Å². The SMILES string of the molecule is CC(C)C[C@@H](N)c1nc(-c2cccc(Cl)c2)no1. The lowest BCUT2D eigenvalue weighted by atomic mass is 10.0. The van der Waals surface area contributed by atoms with Crippen LogP contribution in [-0.2, 0) is 0 Å². The van der Waals surface area contributed by atoms with Crippen LogP contribution in [0.3, 0.4) is 0 Å². The summed E-state index contributed by atoms with van der Waals surface area (Å²) in [5.41, 5.74) is 6.82. The van der Waals surface area contributed by atoms with E-state index in [9.17, 15) is 0 Å². The highest BCUT2D eigenvalue weighted by Gasteiger charge is 2.16. The number of hydrogen-bond acceptors (Lipinski definition) is 4. The Morgan fingerprint density at radius 1 is 1.39 bits per heavy atom. The molecule has 0 saturated heterocycles. The highest BCUT2D eigenvalue weighted by Crippen LogP contribution is 2.23. The molecule has 4 nitrogen and oxygen atoms in total. The van der Waals surface area contributed by atoms with E-state index in [-0.39, 0.29) is 6.04 Å². The lowest BCUT2D eigenvalue weighted by Crippen LogP contribution is -2.13. The molecule has 1 heterocycles. The summed E-state index contributed by atoms with van der Waals surface area (Å²) in [6.07, 6.45) is 0.817. The van der Waals surface area contributed by atoms with Gasteiger partial charge in [-0.25, -0.2) is 0 Å². The highest BCUT2D eigenvalue weighted by atomic mass is 35.5. The highest BCUT2D eigenvalue weighted by molar-refractivity contribution is 6.30. The van der Waals surface area contributed by atoms with Crippen LogP contribution in [0, 0.1) is 5.92 Å². The Morgan fingerprint density at radius 2 is 2.17 bits per heavy atom. The number of hydrogen-bond donors (Lipinski definition) is 1. The Kier molecular flexibility index (Phi) is 3.99. The third-order valence-corrected chi connectivity index (χ3v) is 2.80. The molecule has 1 atom stereocenters. The molecule has 0 aliphatic rings. The molecule has 2 N–H and O–H groups in total. The standard InChI is InChI=1S/C13H16ClN3O/c1-8(2)6-11(15)13-16-12(17-18-13)9-4-3-5-10(14)7-9/h3-5,7-8,11H,6,15H2,1-2H3/t11-/m1/s1. The topological polar surface area (TPSA) is 64.9 Å². The second kappa shape index (κ2) is 5.50. The van der Waals surface area contributed by atoms with Crippen LogP contribution in [0.1, 0.15) is 32.2 Å². The molecule has 0 aliphatic heterocycles.